The van der Waals surface area contributed by atoms with Gasteiger partial charge in [0.1, 0.15) is 0 Å². The van der Waals surface area contributed by atoms with Crippen molar-refractivity contribution in [1.29, 1.82) is 0 Å². The zero-order valence-corrected chi connectivity index (χ0v) is 6.43. The first kappa shape index (κ1) is 7.98. The maximum Gasteiger partial charge on any atom is 0.0893 e. The molecular weight excluding hydrogens is 128 g/mol. The molecule has 1 heterocycles. The molecule has 2 unspecified atom stereocenters. The molecule has 4 N–H and O–H groups in total. The first-order valence-corrected chi connectivity index (χ1v) is 3.82. The van der Waals surface area contributed by atoms with Crippen LogP contribution in [0.1, 0.15) is 19.8 Å². The van der Waals surface area contributed by atoms with Gasteiger partial charge in [0.25, 0.3) is 0 Å². The monoisotopic (exact) mass is 144 g/mol. The van der Waals surface area contributed by atoms with Gasteiger partial charge in [0.05, 0.1) is 5.60 Å². The second-order valence-electron chi connectivity index (χ2n) is 3.21. The Morgan fingerprint density at radius 3 is 2.90 bits per heavy atom. The van der Waals surface area contributed by atoms with E-state index in [4.69, 9.17) is 5.73 Å². The molecule has 0 amide bonds. The first-order chi connectivity index (χ1) is 4.67. The Kier molecular flexibility index (Phi) is 2.28. The smallest absolute Gasteiger partial charge is 0.0893 e. The van der Waals surface area contributed by atoms with E-state index in [1.54, 1.807) is 6.92 Å². The highest BCUT2D eigenvalue weighted by molar-refractivity contribution is 4.91. The second kappa shape index (κ2) is 2.86. The average Bonchev–Trinajstić information content (AvgIpc) is 2.38. The number of hydrogen-bond acceptors (Lipinski definition) is 3. The van der Waals surface area contributed by atoms with E-state index in [1.807, 2.05) is 0 Å². The molecule has 1 aliphatic rings. The molecule has 0 saturated carbocycles. The minimum Gasteiger partial charge on any atom is -0.387 e. The summed E-state index contributed by atoms with van der Waals surface area (Å²) in [5.74, 6) is 0. The standard InChI is InChI=1S/C7H16N2O/c1-7(10,5-8)6-3-2-4-9-6/h6,9-10H,2-5,8H2,1H3. The largest absolute Gasteiger partial charge is 0.387 e. The summed E-state index contributed by atoms with van der Waals surface area (Å²) in [4.78, 5) is 0. The van der Waals surface area contributed by atoms with Gasteiger partial charge in [0.15, 0.2) is 0 Å². The van der Waals surface area contributed by atoms with Gasteiger partial charge in [0, 0.05) is 12.6 Å². The van der Waals surface area contributed by atoms with Gasteiger partial charge in [-0.05, 0) is 26.3 Å². The quantitative estimate of drug-likeness (QED) is 0.487. The van der Waals surface area contributed by atoms with Crippen LogP contribution in [-0.2, 0) is 0 Å². The van der Waals surface area contributed by atoms with E-state index in [1.165, 1.54) is 0 Å². The summed E-state index contributed by atoms with van der Waals surface area (Å²) in [5, 5.41) is 12.9. The number of nitrogens with one attached hydrogen (secondary N) is 1. The Bertz CT molecular complexity index is 108. The maximum atomic E-state index is 9.64. The molecule has 1 aliphatic heterocycles. The molecular formula is C7H16N2O. The average molecular weight is 144 g/mol. The third-order valence-electron chi connectivity index (χ3n) is 2.22. The summed E-state index contributed by atoms with van der Waals surface area (Å²) in [6.07, 6.45) is 2.20. The van der Waals surface area contributed by atoms with Gasteiger partial charge < -0.3 is 16.2 Å². The predicted octanol–water partition coefficient (Wildman–Crippen LogP) is -0.552. The minimum atomic E-state index is -0.712. The Hall–Kier alpha value is -0.120. The third kappa shape index (κ3) is 1.48. The summed E-state index contributed by atoms with van der Waals surface area (Å²) in [5.41, 5.74) is 4.68. The summed E-state index contributed by atoms with van der Waals surface area (Å²) in [7, 11) is 0. The summed E-state index contributed by atoms with van der Waals surface area (Å²) in [6, 6.07) is 0.206. The number of rotatable bonds is 2. The summed E-state index contributed by atoms with van der Waals surface area (Å²) >= 11 is 0. The van der Waals surface area contributed by atoms with E-state index in [0.717, 1.165) is 19.4 Å². The van der Waals surface area contributed by atoms with Crippen molar-refractivity contribution in [2.24, 2.45) is 5.73 Å². The summed E-state index contributed by atoms with van der Waals surface area (Å²) < 4.78 is 0. The minimum absolute atomic E-state index is 0.206. The van der Waals surface area contributed by atoms with Crippen molar-refractivity contribution in [1.82, 2.24) is 5.32 Å². The molecule has 0 bridgehead atoms. The zero-order valence-electron chi connectivity index (χ0n) is 6.43. The van der Waals surface area contributed by atoms with Crippen molar-refractivity contribution in [3.8, 4) is 0 Å². The zero-order chi connectivity index (χ0) is 7.61. The topological polar surface area (TPSA) is 58.3 Å². The van der Waals surface area contributed by atoms with Crippen LogP contribution in [0.5, 0.6) is 0 Å². The lowest BCUT2D eigenvalue weighted by atomic mass is 9.95. The normalized spacial score (nSPS) is 32.1. The molecule has 1 rings (SSSR count). The lowest BCUT2D eigenvalue weighted by Crippen LogP contribution is -2.50. The van der Waals surface area contributed by atoms with Crippen molar-refractivity contribution in [2.45, 2.75) is 31.4 Å². The van der Waals surface area contributed by atoms with Crippen LogP contribution in [0.25, 0.3) is 0 Å². The molecule has 0 aromatic carbocycles. The molecule has 1 fully saturated rings. The van der Waals surface area contributed by atoms with E-state index >= 15 is 0 Å². The van der Waals surface area contributed by atoms with Crippen molar-refractivity contribution < 1.29 is 5.11 Å². The van der Waals surface area contributed by atoms with Gasteiger partial charge in [-0.2, -0.15) is 0 Å². The fourth-order valence-electron chi connectivity index (χ4n) is 1.36. The van der Waals surface area contributed by atoms with E-state index in [0.29, 0.717) is 6.54 Å². The molecule has 0 aromatic rings. The molecule has 0 aliphatic carbocycles. The highest BCUT2D eigenvalue weighted by Gasteiger charge is 2.31. The van der Waals surface area contributed by atoms with Crippen LogP contribution in [0, 0.1) is 0 Å². The Balaban J connectivity index is 2.45. The van der Waals surface area contributed by atoms with Gasteiger partial charge in [-0.3, -0.25) is 0 Å². The Labute approximate surface area is 61.6 Å². The van der Waals surface area contributed by atoms with Crippen molar-refractivity contribution >= 4 is 0 Å². The Morgan fingerprint density at radius 1 is 1.80 bits per heavy atom. The molecule has 2 atom stereocenters. The molecule has 1 saturated heterocycles. The second-order valence-corrected chi connectivity index (χ2v) is 3.21. The summed E-state index contributed by atoms with van der Waals surface area (Å²) in [6.45, 7) is 3.14. The van der Waals surface area contributed by atoms with E-state index in [2.05, 4.69) is 5.32 Å². The molecule has 0 radical (unpaired) electrons. The van der Waals surface area contributed by atoms with E-state index in [9.17, 15) is 5.11 Å². The maximum absolute atomic E-state index is 9.64. The SMILES string of the molecule is CC(O)(CN)C1CCCN1. The van der Waals surface area contributed by atoms with Crippen molar-refractivity contribution in [3.63, 3.8) is 0 Å². The van der Waals surface area contributed by atoms with Gasteiger partial charge in [0.2, 0.25) is 0 Å². The van der Waals surface area contributed by atoms with Gasteiger partial charge >= 0.3 is 0 Å². The molecule has 60 valence electrons. The number of nitrogens with two attached hydrogens (primary N) is 1. The van der Waals surface area contributed by atoms with Crippen LogP contribution >= 0.6 is 0 Å². The molecule has 3 heteroatoms. The van der Waals surface area contributed by atoms with Crippen molar-refractivity contribution in [3.05, 3.63) is 0 Å². The van der Waals surface area contributed by atoms with Gasteiger partial charge in [-0.1, -0.05) is 0 Å². The highest BCUT2D eigenvalue weighted by atomic mass is 16.3. The van der Waals surface area contributed by atoms with Crippen molar-refractivity contribution in [2.75, 3.05) is 13.1 Å². The van der Waals surface area contributed by atoms with Crippen LogP contribution in [0.15, 0.2) is 0 Å². The lowest BCUT2D eigenvalue weighted by Gasteiger charge is -2.28. The molecule has 10 heavy (non-hydrogen) atoms. The van der Waals surface area contributed by atoms with Crippen LogP contribution in [0.2, 0.25) is 0 Å². The third-order valence-corrected chi connectivity index (χ3v) is 2.22. The Morgan fingerprint density at radius 2 is 2.50 bits per heavy atom. The molecule has 0 spiro atoms. The molecule has 0 aromatic heterocycles. The van der Waals surface area contributed by atoms with Gasteiger partial charge in [-0.25, -0.2) is 0 Å². The van der Waals surface area contributed by atoms with Crippen LogP contribution in [0.3, 0.4) is 0 Å². The first-order valence-electron chi connectivity index (χ1n) is 3.82. The predicted molar refractivity (Wildman–Crippen MR) is 40.7 cm³/mol. The van der Waals surface area contributed by atoms with E-state index < -0.39 is 5.60 Å². The fourth-order valence-corrected chi connectivity index (χ4v) is 1.36. The highest BCUT2D eigenvalue weighted by Crippen LogP contribution is 2.17. The van der Waals surface area contributed by atoms with Crippen LogP contribution in [0.4, 0.5) is 0 Å². The fraction of sp³-hybridized carbons (Fsp3) is 1.00. The van der Waals surface area contributed by atoms with E-state index in [-0.39, 0.29) is 6.04 Å². The van der Waals surface area contributed by atoms with Crippen LogP contribution in [-0.4, -0.2) is 29.8 Å². The number of aliphatic hydroxyl groups is 1. The molecule has 3 nitrogen and oxygen atoms in total. The van der Waals surface area contributed by atoms with Gasteiger partial charge in [-0.15, -0.1) is 0 Å². The van der Waals surface area contributed by atoms with Crippen LogP contribution < -0.4 is 11.1 Å². The number of hydrogen-bond donors (Lipinski definition) is 3. The lowest BCUT2D eigenvalue weighted by molar-refractivity contribution is 0.0346.